The van der Waals surface area contributed by atoms with Crippen LogP contribution in [0.25, 0.3) is 0 Å². The molecule has 20 heavy (non-hydrogen) atoms. The summed E-state index contributed by atoms with van der Waals surface area (Å²) in [4.78, 5) is 3.94. The van der Waals surface area contributed by atoms with Crippen molar-refractivity contribution in [1.29, 1.82) is 0 Å². The Kier molecular flexibility index (Phi) is 3.54. The summed E-state index contributed by atoms with van der Waals surface area (Å²) in [6.07, 6.45) is -2.04. The maximum atomic E-state index is 12.4. The van der Waals surface area contributed by atoms with Crippen LogP contribution in [-0.2, 0) is 13.6 Å². The van der Waals surface area contributed by atoms with Crippen LogP contribution in [0.2, 0.25) is 0 Å². The van der Waals surface area contributed by atoms with Crippen LogP contribution in [0.1, 0.15) is 5.69 Å². The number of likely N-dealkylation sites (tertiary alicyclic amines) is 2. The summed E-state index contributed by atoms with van der Waals surface area (Å²) >= 11 is 0. The average molecular weight is 287 g/mol. The fourth-order valence-corrected chi connectivity index (χ4v) is 3.59. The van der Waals surface area contributed by atoms with Crippen LogP contribution in [0.5, 0.6) is 0 Å². The molecule has 0 aromatic carbocycles. The minimum absolute atomic E-state index is 0.401. The van der Waals surface area contributed by atoms with E-state index in [1.54, 1.807) is 4.90 Å². The van der Waals surface area contributed by atoms with Crippen LogP contribution in [-0.4, -0.2) is 53.3 Å². The number of rotatable bonds is 3. The molecule has 2 fully saturated rings. The lowest BCUT2D eigenvalue weighted by Crippen LogP contribution is -2.35. The fourth-order valence-electron chi connectivity index (χ4n) is 3.59. The van der Waals surface area contributed by atoms with Gasteiger partial charge in [0.25, 0.3) is 0 Å². The van der Waals surface area contributed by atoms with E-state index in [4.69, 9.17) is 0 Å². The van der Waals surface area contributed by atoms with Crippen LogP contribution >= 0.6 is 0 Å². The second kappa shape index (κ2) is 5.07. The minimum Gasteiger partial charge on any atom is -0.353 e. The first kappa shape index (κ1) is 13.9. The molecule has 3 heterocycles. The Morgan fingerprint density at radius 2 is 1.70 bits per heavy atom. The van der Waals surface area contributed by atoms with E-state index >= 15 is 0 Å². The summed E-state index contributed by atoms with van der Waals surface area (Å²) in [5, 5.41) is 0. The molecule has 2 unspecified atom stereocenters. The molecule has 2 aliphatic heterocycles. The molecule has 1 aromatic heterocycles. The fraction of sp³-hybridized carbons (Fsp3) is 0.714. The zero-order valence-corrected chi connectivity index (χ0v) is 11.6. The lowest BCUT2D eigenvalue weighted by atomic mass is 10.0. The van der Waals surface area contributed by atoms with Crippen molar-refractivity contribution in [2.24, 2.45) is 18.9 Å². The topological polar surface area (TPSA) is 11.4 Å². The van der Waals surface area contributed by atoms with Crippen molar-refractivity contribution in [1.82, 2.24) is 14.4 Å². The lowest BCUT2D eigenvalue weighted by molar-refractivity contribution is -0.144. The lowest BCUT2D eigenvalue weighted by Gasteiger charge is -2.22. The predicted molar refractivity (Wildman–Crippen MR) is 70.2 cm³/mol. The van der Waals surface area contributed by atoms with Gasteiger partial charge in [0.05, 0.1) is 6.54 Å². The molecule has 0 amide bonds. The van der Waals surface area contributed by atoms with Gasteiger partial charge < -0.3 is 4.57 Å². The number of nitrogens with zero attached hydrogens (tertiary/aromatic N) is 3. The molecule has 0 N–H and O–H groups in total. The maximum Gasteiger partial charge on any atom is 0.401 e. The van der Waals surface area contributed by atoms with E-state index in [2.05, 4.69) is 15.5 Å². The van der Waals surface area contributed by atoms with E-state index in [-0.39, 0.29) is 0 Å². The van der Waals surface area contributed by atoms with Crippen molar-refractivity contribution in [2.75, 3.05) is 32.7 Å². The number of alkyl halides is 3. The van der Waals surface area contributed by atoms with Crippen molar-refractivity contribution >= 4 is 0 Å². The molecule has 0 aliphatic carbocycles. The van der Waals surface area contributed by atoms with Crippen molar-refractivity contribution in [3.63, 3.8) is 0 Å². The SMILES string of the molecule is Cn1cccc1CN1CC2CN(CC(F)(F)F)CC2C1. The smallest absolute Gasteiger partial charge is 0.353 e. The quantitative estimate of drug-likeness (QED) is 0.842. The maximum absolute atomic E-state index is 12.4. The molecule has 2 saturated heterocycles. The molecule has 112 valence electrons. The van der Waals surface area contributed by atoms with Gasteiger partial charge in [-0.15, -0.1) is 0 Å². The summed E-state index contributed by atoms with van der Waals surface area (Å²) in [6.45, 7) is 3.17. The van der Waals surface area contributed by atoms with Gasteiger partial charge in [-0.3, -0.25) is 9.80 Å². The third kappa shape index (κ3) is 3.01. The molecule has 3 rings (SSSR count). The average Bonchev–Trinajstić information content (AvgIpc) is 2.93. The summed E-state index contributed by atoms with van der Waals surface area (Å²) in [5.74, 6) is 0.801. The summed E-state index contributed by atoms with van der Waals surface area (Å²) in [5.41, 5.74) is 1.26. The number of fused-ring (bicyclic) bond motifs is 1. The zero-order chi connectivity index (χ0) is 14.3. The third-order valence-corrected chi connectivity index (χ3v) is 4.48. The summed E-state index contributed by atoms with van der Waals surface area (Å²) in [6, 6.07) is 4.13. The molecule has 2 atom stereocenters. The molecule has 0 bridgehead atoms. The Morgan fingerprint density at radius 3 is 2.20 bits per heavy atom. The van der Waals surface area contributed by atoms with Crippen LogP contribution in [0.15, 0.2) is 18.3 Å². The van der Waals surface area contributed by atoms with E-state index in [1.165, 1.54) is 5.69 Å². The highest BCUT2D eigenvalue weighted by Gasteiger charge is 2.43. The van der Waals surface area contributed by atoms with E-state index in [0.29, 0.717) is 24.9 Å². The predicted octanol–water partition coefficient (Wildman–Crippen LogP) is 1.95. The molecular weight excluding hydrogens is 267 g/mol. The minimum atomic E-state index is -4.07. The zero-order valence-electron chi connectivity index (χ0n) is 11.6. The highest BCUT2D eigenvalue weighted by Crippen LogP contribution is 2.33. The second-order valence-electron chi connectivity index (χ2n) is 6.13. The van der Waals surface area contributed by atoms with E-state index < -0.39 is 12.7 Å². The van der Waals surface area contributed by atoms with Crippen molar-refractivity contribution in [2.45, 2.75) is 12.7 Å². The Morgan fingerprint density at radius 1 is 1.10 bits per heavy atom. The molecule has 0 spiro atoms. The van der Waals surface area contributed by atoms with Gasteiger partial charge in [0.15, 0.2) is 0 Å². The summed E-state index contributed by atoms with van der Waals surface area (Å²) < 4.78 is 39.3. The van der Waals surface area contributed by atoms with Crippen LogP contribution in [0.3, 0.4) is 0 Å². The van der Waals surface area contributed by atoms with Crippen LogP contribution in [0, 0.1) is 11.8 Å². The first-order valence-electron chi connectivity index (χ1n) is 7.02. The van der Waals surface area contributed by atoms with Gasteiger partial charge >= 0.3 is 6.18 Å². The van der Waals surface area contributed by atoms with E-state index in [0.717, 1.165) is 19.6 Å². The van der Waals surface area contributed by atoms with Gasteiger partial charge in [-0.1, -0.05) is 0 Å². The molecule has 0 saturated carbocycles. The highest BCUT2D eigenvalue weighted by molar-refractivity contribution is 5.07. The first-order chi connectivity index (χ1) is 9.40. The van der Waals surface area contributed by atoms with Gasteiger partial charge in [-0.25, -0.2) is 0 Å². The summed E-state index contributed by atoms with van der Waals surface area (Å²) in [7, 11) is 2.03. The number of hydrogen-bond donors (Lipinski definition) is 0. The second-order valence-corrected chi connectivity index (χ2v) is 6.13. The molecule has 6 heteroatoms. The molecular formula is C14H20F3N3. The monoisotopic (exact) mass is 287 g/mol. The number of aryl methyl sites for hydroxylation is 1. The largest absolute Gasteiger partial charge is 0.401 e. The standard InChI is InChI=1S/C14H20F3N3/c1-18-4-2-3-13(18)9-19-5-11-7-20(8-12(11)6-19)10-14(15,16)17/h2-4,11-12H,5-10H2,1H3. The van der Waals surface area contributed by atoms with Crippen molar-refractivity contribution in [3.8, 4) is 0 Å². The highest BCUT2D eigenvalue weighted by atomic mass is 19.4. The van der Waals surface area contributed by atoms with E-state index in [1.807, 2.05) is 19.3 Å². The Balaban J connectivity index is 1.52. The Labute approximate surface area is 117 Å². The van der Waals surface area contributed by atoms with Crippen LogP contribution in [0.4, 0.5) is 13.2 Å². The molecule has 1 aromatic rings. The van der Waals surface area contributed by atoms with Crippen LogP contribution < -0.4 is 0 Å². The van der Waals surface area contributed by atoms with Gasteiger partial charge in [-0.2, -0.15) is 13.2 Å². The van der Waals surface area contributed by atoms with Gasteiger partial charge in [0, 0.05) is 51.7 Å². The van der Waals surface area contributed by atoms with Gasteiger partial charge in [-0.05, 0) is 24.0 Å². The number of aromatic nitrogens is 1. The van der Waals surface area contributed by atoms with Crippen molar-refractivity contribution < 1.29 is 13.2 Å². The van der Waals surface area contributed by atoms with E-state index in [9.17, 15) is 13.2 Å². The number of hydrogen-bond acceptors (Lipinski definition) is 2. The number of halogens is 3. The molecule has 3 nitrogen and oxygen atoms in total. The Hall–Kier alpha value is -1.01. The first-order valence-corrected chi connectivity index (χ1v) is 7.02. The molecule has 2 aliphatic rings. The van der Waals surface area contributed by atoms with Gasteiger partial charge in [0.1, 0.15) is 0 Å². The van der Waals surface area contributed by atoms with Crippen molar-refractivity contribution in [3.05, 3.63) is 24.0 Å². The molecule has 0 radical (unpaired) electrons. The van der Waals surface area contributed by atoms with Gasteiger partial charge in [0.2, 0.25) is 0 Å². The third-order valence-electron chi connectivity index (χ3n) is 4.48. The Bertz CT molecular complexity index is 454. The normalized spacial score (nSPS) is 28.2.